The molecular formula is C13H26N2O. The van der Waals surface area contributed by atoms with Gasteiger partial charge in [0.05, 0.1) is 0 Å². The Morgan fingerprint density at radius 2 is 2.19 bits per heavy atom. The molecule has 2 saturated heterocycles. The van der Waals surface area contributed by atoms with Crippen LogP contribution in [0.25, 0.3) is 0 Å². The van der Waals surface area contributed by atoms with Crippen molar-refractivity contribution < 1.29 is 4.74 Å². The maximum atomic E-state index is 5.40. The highest BCUT2D eigenvalue weighted by atomic mass is 16.5. The van der Waals surface area contributed by atoms with Crippen LogP contribution in [0.3, 0.4) is 0 Å². The van der Waals surface area contributed by atoms with Crippen LogP contribution >= 0.6 is 0 Å². The van der Waals surface area contributed by atoms with Crippen LogP contribution in [0.4, 0.5) is 0 Å². The molecule has 0 bridgehead atoms. The summed E-state index contributed by atoms with van der Waals surface area (Å²) in [6, 6.07) is 0.757. The van der Waals surface area contributed by atoms with E-state index < -0.39 is 0 Å². The predicted molar refractivity (Wildman–Crippen MR) is 66.7 cm³/mol. The molecule has 3 nitrogen and oxygen atoms in total. The fraction of sp³-hybridized carbons (Fsp3) is 1.00. The van der Waals surface area contributed by atoms with E-state index in [4.69, 9.17) is 4.74 Å². The smallest absolute Gasteiger partial charge is 0.0495 e. The molecule has 3 heteroatoms. The summed E-state index contributed by atoms with van der Waals surface area (Å²) < 4.78 is 5.40. The Bertz CT molecular complexity index is 192. The lowest BCUT2D eigenvalue weighted by Gasteiger charge is -2.17. The quantitative estimate of drug-likeness (QED) is 0.786. The standard InChI is InChI=1S/C13H26N2O/c1-15-8-2-3-13(5-9-15)14-7-4-12-6-10-16-11-12/h12-14H,2-11H2,1H3. The van der Waals surface area contributed by atoms with E-state index >= 15 is 0 Å². The van der Waals surface area contributed by atoms with Crippen molar-refractivity contribution in [3.63, 3.8) is 0 Å². The summed E-state index contributed by atoms with van der Waals surface area (Å²) in [6.45, 7) is 5.69. The van der Waals surface area contributed by atoms with Crippen molar-refractivity contribution in [1.82, 2.24) is 10.2 Å². The molecule has 0 aromatic carbocycles. The maximum absolute atomic E-state index is 5.40. The number of nitrogens with zero attached hydrogens (tertiary/aromatic N) is 1. The van der Waals surface area contributed by atoms with Crippen LogP contribution in [0.5, 0.6) is 0 Å². The lowest BCUT2D eigenvalue weighted by atomic mass is 10.0. The van der Waals surface area contributed by atoms with Crippen LogP contribution < -0.4 is 5.32 Å². The van der Waals surface area contributed by atoms with Gasteiger partial charge in [-0.2, -0.15) is 0 Å². The van der Waals surface area contributed by atoms with E-state index in [2.05, 4.69) is 17.3 Å². The van der Waals surface area contributed by atoms with Gasteiger partial charge in [-0.05, 0) is 64.7 Å². The first kappa shape index (κ1) is 12.3. The minimum Gasteiger partial charge on any atom is -0.381 e. The molecule has 16 heavy (non-hydrogen) atoms. The fourth-order valence-corrected chi connectivity index (χ4v) is 2.75. The van der Waals surface area contributed by atoms with E-state index in [1.807, 2.05) is 0 Å². The molecule has 2 atom stereocenters. The Labute approximate surface area is 99.5 Å². The van der Waals surface area contributed by atoms with Crippen LogP contribution in [0.2, 0.25) is 0 Å². The Kier molecular flexibility index (Phi) is 5.07. The summed E-state index contributed by atoms with van der Waals surface area (Å²) >= 11 is 0. The molecule has 0 aromatic rings. The normalized spacial score (nSPS) is 32.8. The zero-order valence-corrected chi connectivity index (χ0v) is 10.6. The Hall–Kier alpha value is -0.120. The number of nitrogens with one attached hydrogen (secondary N) is 1. The molecule has 0 amide bonds. The van der Waals surface area contributed by atoms with E-state index in [9.17, 15) is 0 Å². The van der Waals surface area contributed by atoms with Gasteiger partial charge >= 0.3 is 0 Å². The van der Waals surface area contributed by atoms with Gasteiger partial charge in [-0.25, -0.2) is 0 Å². The van der Waals surface area contributed by atoms with E-state index in [-0.39, 0.29) is 0 Å². The van der Waals surface area contributed by atoms with Gasteiger partial charge in [-0.15, -0.1) is 0 Å². The summed E-state index contributed by atoms with van der Waals surface area (Å²) in [5.41, 5.74) is 0. The van der Waals surface area contributed by atoms with Crippen LogP contribution in [0.1, 0.15) is 32.1 Å². The largest absolute Gasteiger partial charge is 0.381 e. The van der Waals surface area contributed by atoms with E-state index in [1.165, 1.54) is 51.7 Å². The molecule has 2 heterocycles. The Morgan fingerprint density at radius 3 is 3.00 bits per heavy atom. The molecule has 0 saturated carbocycles. The summed E-state index contributed by atoms with van der Waals surface area (Å²) in [4.78, 5) is 2.45. The van der Waals surface area contributed by atoms with Gasteiger partial charge in [0.2, 0.25) is 0 Å². The second kappa shape index (κ2) is 6.58. The number of hydrogen-bond acceptors (Lipinski definition) is 3. The van der Waals surface area contributed by atoms with Gasteiger partial charge in [0.1, 0.15) is 0 Å². The van der Waals surface area contributed by atoms with E-state index in [1.54, 1.807) is 0 Å². The van der Waals surface area contributed by atoms with Crippen LogP contribution in [0, 0.1) is 5.92 Å². The average molecular weight is 226 g/mol. The highest BCUT2D eigenvalue weighted by Crippen LogP contribution is 2.16. The molecule has 2 rings (SSSR count). The van der Waals surface area contributed by atoms with E-state index in [0.29, 0.717) is 0 Å². The molecule has 2 unspecified atom stereocenters. The van der Waals surface area contributed by atoms with Crippen LogP contribution in [-0.4, -0.2) is 50.8 Å². The van der Waals surface area contributed by atoms with Gasteiger partial charge in [-0.3, -0.25) is 0 Å². The van der Waals surface area contributed by atoms with Gasteiger partial charge < -0.3 is 15.0 Å². The molecule has 94 valence electrons. The summed E-state index contributed by atoms with van der Waals surface area (Å²) in [6.07, 6.45) is 6.59. The molecule has 0 aliphatic carbocycles. The monoisotopic (exact) mass is 226 g/mol. The zero-order chi connectivity index (χ0) is 11.2. The third-order valence-corrected chi connectivity index (χ3v) is 3.96. The lowest BCUT2D eigenvalue weighted by Crippen LogP contribution is -2.31. The van der Waals surface area contributed by atoms with Crippen molar-refractivity contribution in [2.45, 2.75) is 38.1 Å². The summed E-state index contributed by atoms with van der Waals surface area (Å²) in [5, 5.41) is 3.73. The summed E-state index contributed by atoms with van der Waals surface area (Å²) in [7, 11) is 2.23. The Balaban J connectivity index is 1.57. The molecule has 2 aliphatic rings. The summed E-state index contributed by atoms with van der Waals surface area (Å²) in [5.74, 6) is 0.820. The number of rotatable bonds is 4. The van der Waals surface area contributed by atoms with Crippen molar-refractivity contribution in [3.05, 3.63) is 0 Å². The van der Waals surface area contributed by atoms with Crippen molar-refractivity contribution in [3.8, 4) is 0 Å². The second-order valence-corrected chi connectivity index (χ2v) is 5.40. The topological polar surface area (TPSA) is 24.5 Å². The molecule has 1 N–H and O–H groups in total. The first-order valence-corrected chi connectivity index (χ1v) is 6.84. The lowest BCUT2D eigenvalue weighted by molar-refractivity contribution is 0.184. The zero-order valence-electron chi connectivity index (χ0n) is 10.6. The second-order valence-electron chi connectivity index (χ2n) is 5.40. The molecular weight excluding hydrogens is 200 g/mol. The number of likely N-dealkylation sites (tertiary alicyclic amines) is 1. The van der Waals surface area contributed by atoms with Gasteiger partial charge in [-0.1, -0.05) is 0 Å². The molecule has 0 radical (unpaired) electrons. The number of ether oxygens (including phenoxy) is 1. The van der Waals surface area contributed by atoms with Gasteiger partial charge in [0.25, 0.3) is 0 Å². The van der Waals surface area contributed by atoms with Crippen molar-refractivity contribution in [2.24, 2.45) is 5.92 Å². The maximum Gasteiger partial charge on any atom is 0.0495 e. The minimum absolute atomic E-state index is 0.757. The first-order chi connectivity index (χ1) is 7.84. The van der Waals surface area contributed by atoms with Crippen LogP contribution in [0.15, 0.2) is 0 Å². The third-order valence-electron chi connectivity index (χ3n) is 3.96. The number of hydrogen-bond donors (Lipinski definition) is 1. The van der Waals surface area contributed by atoms with Crippen molar-refractivity contribution >= 4 is 0 Å². The first-order valence-electron chi connectivity index (χ1n) is 6.84. The molecule has 0 spiro atoms. The van der Waals surface area contributed by atoms with E-state index in [0.717, 1.165) is 25.2 Å². The predicted octanol–water partition coefficient (Wildman–Crippen LogP) is 1.49. The molecule has 0 aromatic heterocycles. The minimum atomic E-state index is 0.757. The van der Waals surface area contributed by atoms with Crippen molar-refractivity contribution in [1.29, 1.82) is 0 Å². The van der Waals surface area contributed by atoms with Crippen molar-refractivity contribution in [2.75, 3.05) is 39.9 Å². The highest BCUT2D eigenvalue weighted by Gasteiger charge is 2.17. The van der Waals surface area contributed by atoms with Crippen LogP contribution in [-0.2, 0) is 4.74 Å². The van der Waals surface area contributed by atoms with Gasteiger partial charge in [0.15, 0.2) is 0 Å². The average Bonchev–Trinajstić information content (AvgIpc) is 2.70. The highest BCUT2D eigenvalue weighted by molar-refractivity contribution is 4.74. The SMILES string of the molecule is CN1CCCC(NCCC2CCOC2)CC1. The van der Waals surface area contributed by atoms with Gasteiger partial charge in [0, 0.05) is 19.3 Å². The third kappa shape index (κ3) is 4.04. The Morgan fingerprint density at radius 1 is 1.25 bits per heavy atom. The molecule has 2 fully saturated rings. The molecule has 2 aliphatic heterocycles. The fourth-order valence-electron chi connectivity index (χ4n) is 2.75.